The average molecular weight is 212 g/mol. The molecule has 0 saturated carbocycles. The molecule has 1 aromatic rings. The van der Waals surface area contributed by atoms with Crippen LogP contribution in [0.5, 0.6) is 0 Å². The maximum atomic E-state index is 5.65. The van der Waals surface area contributed by atoms with Crippen molar-refractivity contribution in [3.05, 3.63) is 35.9 Å². The molecule has 0 bridgehead atoms. The lowest BCUT2D eigenvalue weighted by Gasteiger charge is -2.26. The Morgan fingerprint density at radius 2 is 1.86 bits per heavy atom. The van der Waals surface area contributed by atoms with Crippen LogP contribution in [0.3, 0.4) is 0 Å². The molecule has 0 heterocycles. The molecular formula is C12H18ClN. The predicted octanol–water partition coefficient (Wildman–Crippen LogP) is 2.84. The quantitative estimate of drug-likeness (QED) is 0.739. The Morgan fingerprint density at radius 3 is 2.43 bits per heavy atom. The number of hydrogen-bond donors (Lipinski definition) is 1. The summed E-state index contributed by atoms with van der Waals surface area (Å²) in [4.78, 5) is 0. The standard InChI is InChI=1S/C12H18ClN/c1-12(2,14-9-8-13)10-11-6-4-3-5-7-11/h3-7,14H,8-10H2,1-2H3. The minimum absolute atomic E-state index is 0.121. The lowest BCUT2D eigenvalue weighted by molar-refractivity contribution is 0.398. The smallest absolute Gasteiger partial charge is 0.0348 e. The van der Waals surface area contributed by atoms with E-state index >= 15 is 0 Å². The summed E-state index contributed by atoms with van der Waals surface area (Å²) in [5, 5.41) is 3.43. The Kier molecular flexibility index (Phi) is 4.43. The highest BCUT2D eigenvalue weighted by molar-refractivity contribution is 6.18. The molecule has 1 aromatic carbocycles. The molecule has 0 radical (unpaired) electrons. The molecule has 0 amide bonds. The number of hydrogen-bond acceptors (Lipinski definition) is 1. The molecule has 0 spiro atoms. The summed E-state index contributed by atoms with van der Waals surface area (Å²) in [5.41, 5.74) is 1.48. The van der Waals surface area contributed by atoms with Crippen LogP contribution in [-0.2, 0) is 6.42 Å². The molecule has 0 aliphatic carbocycles. The van der Waals surface area contributed by atoms with Crippen LogP contribution in [0, 0.1) is 0 Å². The maximum Gasteiger partial charge on any atom is 0.0348 e. The minimum Gasteiger partial charge on any atom is -0.310 e. The average Bonchev–Trinajstić information content (AvgIpc) is 2.16. The van der Waals surface area contributed by atoms with Gasteiger partial charge in [-0.3, -0.25) is 0 Å². The van der Waals surface area contributed by atoms with E-state index in [4.69, 9.17) is 11.6 Å². The van der Waals surface area contributed by atoms with Crippen LogP contribution in [0.1, 0.15) is 19.4 Å². The third kappa shape index (κ3) is 4.12. The molecule has 0 unspecified atom stereocenters. The highest BCUT2D eigenvalue weighted by atomic mass is 35.5. The number of halogens is 1. The number of alkyl halides is 1. The Labute approximate surface area is 91.5 Å². The second-order valence-electron chi connectivity index (χ2n) is 4.16. The van der Waals surface area contributed by atoms with Gasteiger partial charge in [-0.1, -0.05) is 30.3 Å². The van der Waals surface area contributed by atoms with E-state index in [2.05, 4.69) is 43.4 Å². The number of rotatable bonds is 5. The molecule has 1 rings (SSSR count). The van der Waals surface area contributed by atoms with Crippen molar-refractivity contribution in [1.82, 2.24) is 5.32 Å². The largest absolute Gasteiger partial charge is 0.310 e. The molecule has 0 fully saturated rings. The van der Waals surface area contributed by atoms with Crippen molar-refractivity contribution in [2.45, 2.75) is 25.8 Å². The van der Waals surface area contributed by atoms with Gasteiger partial charge in [-0.2, -0.15) is 0 Å². The van der Waals surface area contributed by atoms with Gasteiger partial charge >= 0.3 is 0 Å². The van der Waals surface area contributed by atoms with E-state index in [9.17, 15) is 0 Å². The molecule has 1 N–H and O–H groups in total. The summed E-state index contributed by atoms with van der Waals surface area (Å²) in [6, 6.07) is 10.5. The van der Waals surface area contributed by atoms with E-state index in [1.54, 1.807) is 0 Å². The summed E-state index contributed by atoms with van der Waals surface area (Å²) in [7, 11) is 0. The molecule has 0 atom stereocenters. The summed E-state index contributed by atoms with van der Waals surface area (Å²) in [5.74, 6) is 0.665. The molecule has 78 valence electrons. The van der Waals surface area contributed by atoms with Gasteiger partial charge in [-0.15, -0.1) is 11.6 Å². The summed E-state index contributed by atoms with van der Waals surface area (Å²) < 4.78 is 0. The molecule has 0 saturated heterocycles. The number of nitrogens with one attached hydrogen (secondary N) is 1. The second kappa shape index (κ2) is 5.38. The molecule has 0 aliphatic heterocycles. The van der Waals surface area contributed by atoms with E-state index in [0.29, 0.717) is 5.88 Å². The lowest BCUT2D eigenvalue weighted by atomic mass is 9.95. The third-order valence-electron chi connectivity index (χ3n) is 2.19. The first-order valence-electron chi connectivity index (χ1n) is 4.99. The van der Waals surface area contributed by atoms with Gasteiger partial charge in [0, 0.05) is 18.0 Å². The highest BCUT2D eigenvalue weighted by Crippen LogP contribution is 2.11. The molecule has 0 aliphatic rings. The van der Waals surface area contributed by atoms with Gasteiger partial charge in [0.15, 0.2) is 0 Å². The van der Waals surface area contributed by atoms with Crippen LogP contribution in [0.25, 0.3) is 0 Å². The maximum absolute atomic E-state index is 5.65. The van der Waals surface area contributed by atoms with Crippen molar-refractivity contribution < 1.29 is 0 Å². The van der Waals surface area contributed by atoms with Gasteiger partial charge in [-0.05, 0) is 25.8 Å². The molecular weight excluding hydrogens is 194 g/mol. The van der Waals surface area contributed by atoms with Gasteiger partial charge in [-0.25, -0.2) is 0 Å². The Bertz CT molecular complexity index is 256. The van der Waals surface area contributed by atoms with Crippen LogP contribution < -0.4 is 5.32 Å². The number of benzene rings is 1. The topological polar surface area (TPSA) is 12.0 Å². The van der Waals surface area contributed by atoms with Crippen LogP contribution >= 0.6 is 11.6 Å². The SMILES string of the molecule is CC(C)(Cc1ccccc1)NCCCl. The zero-order valence-electron chi connectivity index (χ0n) is 8.89. The minimum atomic E-state index is 0.121. The molecule has 14 heavy (non-hydrogen) atoms. The first-order valence-corrected chi connectivity index (χ1v) is 5.52. The van der Waals surface area contributed by atoms with Gasteiger partial charge in [0.2, 0.25) is 0 Å². The third-order valence-corrected chi connectivity index (χ3v) is 2.38. The highest BCUT2D eigenvalue weighted by Gasteiger charge is 2.16. The van der Waals surface area contributed by atoms with Crippen molar-refractivity contribution in [3.63, 3.8) is 0 Å². The van der Waals surface area contributed by atoms with Crippen LogP contribution in [-0.4, -0.2) is 18.0 Å². The fourth-order valence-electron chi connectivity index (χ4n) is 1.55. The van der Waals surface area contributed by atoms with E-state index in [-0.39, 0.29) is 5.54 Å². The van der Waals surface area contributed by atoms with Gasteiger partial charge in [0.25, 0.3) is 0 Å². The second-order valence-corrected chi connectivity index (χ2v) is 4.54. The Hall–Kier alpha value is -0.530. The Balaban J connectivity index is 2.50. The monoisotopic (exact) mass is 211 g/mol. The zero-order chi connectivity index (χ0) is 10.4. The van der Waals surface area contributed by atoms with Gasteiger partial charge in [0.05, 0.1) is 0 Å². The van der Waals surface area contributed by atoms with E-state index < -0.39 is 0 Å². The molecule has 0 aromatic heterocycles. The molecule has 2 heteroatoms. The van der Waals surface area contributed by atoms with Crippen molar-refractivity contribution >= 4 is 11.6 Å². The summed E-state index contributed by atoms with van der Waals surface area (Å²) in [6.07, 6.45) is 1.03. The predicted molar refractivity (Wildman–Crippen MR) is 62.9 cm³/mol. The lowest BCUT2D eigenvalue weighted by Crippen LogP contribution is -2.42. The van der Waals surface area contributed by atoms with Crippen LogP contribution in [0.4, 0.5) is 0 Å². The molecule has 1 nitrogen and oxygen atoms in total. The fourth-order valence-corrected chi connectivity index (χ4v) is 1.65. The fraction of sp³-hybridized carbons (Fsp3) is 0.500. The first-order chi connectivity index (χ1) is 6.64. The van der Waals surface area contributed by atoms with E-state index in [1.807, 2.05) is 6.07 Å². The van der Waals surface area contributed by atoms with Gasteiger partial charge in [0.1, 0.15) is 0 Å². The van der Waals surface area contributed by atoms with E-state index in [0.717, 1.165) is 13.0 Å². The normalized spacial score (nSPS) is 11.6. The van der Waals surface area contributed by atoms with Crippen molar-refractivity contribution in [2.24, 2.45) is 0 Å². The van der Waals surface area contributed by atoms with E-state index in [1.165, 1.54) is 5.56 Å². The summed E-state index contributed by atoms with van der Waals surface area (Å²) in [6.45, 7) is 5.26. The Morgan fingerprint density at radius 1 is 1.21 bits per heavy atom. The van der Waals surface area contributed by atoms with Crippen molar-refractivity contribution in [1.29, 1.82) is 0 Å². The first kappa shape index (κ1) is 11.5. The van der Waals surface area contributed by atoms with Crippen LogP contribution in [0.2, 0.25) is 0 Å². The van der Waals surface area contributed by atoms with Crippen LogP contribution in [0.15, 0.2) is 30.3 Å². The van der Waals surface area contributed by atoms with Crippen molar-refractivity contribution in [3.8, 4) is 0 Å². The van der Waals surface area contributed by atoms with Crippen molar-refractivity contribution in [2.75, 3.05) is 12.4 Å². The summed E-state index contributed by atoms with van der Waals surface area (Å²) >= 11 is 5.65. The zero-order valence-corrected chi connectivity index (χ0v) is 9.64. The van der Waals surface area contributed by atoms with Gasteiger partial charge < -0.3 is 5.32 Å².